The maximum atomic E-state index is 12.0. The highest BCUT2D eigenvalue weighted by atomic mass is 16.1. The van der Waals surface area contributed by atoms with Gasteiger partial charge in [-0.05, 0) is 81.4 Å². The van der Waals surface area contributed by atoms with Crippen LogP contribution in [0.2, 0.25) is 0 Å². The molecule has 1 aromatic heterocycles. The van der Waals surface area contributed by atoms with E-state index in [1.807, 2.05) is 20.8 Å². The van der Waals surface area contributed by atoms with E-state index in [1.54, 1.807) is 0 Å². The van der Waals surface area contributed by atoms with Gasteiger partial charge in [0.2, 0.25) is 0 Å². The molecule has 4 nitrogen and oxygen atoms in total. The zero-order chi connectivity index (χ0) is 21.7. The molecule has 0 atom stereocenters. The van der Waals surface area contributed by atoms with Crippen LogP contribution in [0.25, 0.3) is 0 Å². The summed E-state index contributed by atoms with van der Waals surface area (Å²) in [5, 5.41) is 0. The van der Waals surface area contributed by atoms with Gasteiger partial charge in [0.15, 0.2) is 0 Å². The Kier molecular flexibility index (Phi) is 8.06. The number of aromatic nitrogens is 2. The van der Waals surface area contributed by atoms with Crippen molar-refractivity contribution in [1.29, 1.82) is 0 Å². The highest BCUT2D eigenvalue weighted by molar-refractivity contribution is 5.80. The van der Waals surface area contributed by atoms with Crippen molar-refractivity contribution in [2.24, 2.45) is 11.3 Å². The van der Waals surface area contributed by atoms with Gasteiger partial charge in [0.1, 0.15) is 11.6 Å². The van der Waals surface area contributed by atoms with E-state index in [0.717, 1.165) is 31.1 Å². The minimum atomic E-state index is 0.370. The zero-order valence-corrected chi connectivity index (χ0v) is 20.0. The number of piperidine rings is 1. The number of carbonyl (C=O) groups is 1. The Labute approximate surface area is 184 Å². The number of Topliss-reactive ketones (excluding diaryl/α,β-unsaturated/α-hetero) is 1. The fraction of sp³-hybridized carbons (Fsp3) is 0.808. The Morgan fingerprint density at radius 2 is 1.63 bits per heavy atom. The van der Waals surface area contributed by atoms with Crippen molar-refractivity contribution in [2.75, 3.05) is 13.1 Å². The number of hydrogen-bond donors (Lipinski definition) is 0. The third kappa shape index (κ3) is 5.12. The minimum absolute atomic E-state index is 0.370. The summed E-state index contributed by atoms with van der Waals surface area (Å²) in [5.74, 6) is 2.85. The van der Waals surface area contributed by atoms with Crippen molar-refractivity contribution in [1.82, 2.24) is 14.9 Å². The first kappa shape index (κ1) is 23.4. The highest BCUT2D eigenvalue weighted by Gasteiger charge is 2.48. The lowest BCUT2D eigenvalue weighted by atomic mass is 9.56. The molecule has 30 heavy (non-hydrogen) atoms. The molecule has 4 heteroatoms. The lowest BCUT2D eigenvalue weighted by molar-refractivity contribution is -0.125. The summed E-state index contributed by atoms with van der Waals surface area (Å²) < 4.78 is 0. The second-order valence-corrected chi connectivity index (χ2v) is 10.00. The Balaban J connectivity index is 0.00000124. The van der Waals surface area contributed by atoms with Gasteiger partial charge in [0.25, 0.3) is 0 Å². The summed E-state index contributed by atoms with van der Waals surface area (Å²) in [6.45, 7) is 12.7. The van der Waals surface area contributed by atoms with Gasteiger partial charge in [-0.15, -0.1) is 0 Å². The van der Waals surface area contributed by atoms with Crippen molar-refractivity contribution in [3.63, 3.8) is 0 Å². The molecule has 0 bridgehead atoms. The van der Waals surface area contributed by atoms with Crippen molar-refractivity contribution < 1.29 is 4.79 Å². The van der Waals surface area contributed by atoms with Gasteiger partial charge in [-0.3, -0.25) is 4.79 Å². The molecule has 0 aromatic carbocycles. The fourth-order valence-corrected chi connectivity index (χ4v) is 5.90. The van der Waals surface area contributed by atoms with Crippen LogP contribution in [-0.4, -0.2) is 39.8 Å². The van der Waals surface area contributed by atoms with Crippen LogP contribution in [0.3, 0.4) is 0 Å². The molecule has 1 aromatic rings. The SMILES string of the molecule is CC.CCC(=O)C1CCC2(CC1)CC(N1CCC(c3cnc(C(C)C)nc3)CC1)C2. The standard InChI is InChI=1S/C24H37N3O.C2H6/c1-4-22(28)19-5-9-24(10-6-19)13-21(14-24)27-11-7-18(8-12-27)20-15-25-23(17(2)3)26-16-20;1-2/h15-19,21H,4-14H2,1-3H3;1-2H3. The monoisotopic (exact) mass is 413 g/mol. The van der Waals surface area contributed by atoms with Crippen molar-refractivity contribution >= 4 is 5.78 Å². The van der Waals surface area contributed by atoms with Gasteiger partial charge in [-0.2, -0.15) is 0 Å². The summed E-state index contributed by atoms with van der Waals surface area (Å²) in [7, 11) is 0. The van der Waals surface area contributed by atoms with Crippen LogP contribution in [0, 0.1) is 11.3 Å². The first-order valence-electron chi connectivity index (χ1n) is 12.6. The molecular formula is C26H43N3O. The summed E-state index contributed by atoms with van der Waals surface area (Å²) in [5.41, 5.74) is 1.90. The molecule has 0 unspecified atom stereocenters. The zero-order valence-electron chi connectivity index (χ0n) is 20.0. The Morgan fingerprint density at radius 1 is 1.07 bits per heavy atom. The second-order valence-electron chi connectivity index (χ2n) is 10.00. The van der Waals surface area contributed by atoms with Gasteiger partial charge in [-0.25, -0.2) is 9.97 Å². The van der Waals surface area contributed by atoms with Crippen LogP contribution >= 0.6 is 0 Å². The molecule has 3 fully saturated rings. The maximum absolute atomic E-state index is 12.0. The van der Waals surface area contributed by atoms with E-state index in [0.29, 0.717) is 29.0 Å². The third-order valence-electron chi connectivity index (χ3n) is 7.91. The molecule has 0 N–H and O–H groups in total. The van der Waals surface area contributed by atoms with E-state index >= 15 is 0 Å². The number of likely N-dealkylation sites (tertiary alicyclic amines) is 1. The molecule has 3 aliphatic rings. The van der Waals surface area contributed by atoms with Crippen molar-refractivity contribution in [3.8, 4) is 0 Å². The molecule has 1 saturated heterocycles. The summed E-state index contributed by atoms with van der Waals surface area (Å²) >= 11 is 0. The normalized spacial score (nSPS) is 29.9. The van der Waals surface area contributed by atoms with E-state index < -0.39 is 0 Å². The van der Waals surface area contributed by atoms with Crippen LogP contribution < -0.4 is 0 Å². The topological polar surface area (TPSA) is 46.1 Å². The molecule has 1 aliphatic heterocycles. The number of hydrogen-bond acceptors (Lipinski definition) is 4. The predicted molar refractivity (Wildman–Crippen MR) is 124 cm³/mol. The summed E-state index contributed by atoms with van der Waals surface area (Å²) in [4.78, 5) is 23.9. The lowest BCUT2D eigenvalue weighted by Gasteiger charge is -2.55. The van der Waals surface area contributed by atoms with Gasteiger partial charge in [0, 0.05) is 36.7 Å². The molecule has 0 amide bonds. The highest BCUT2D eigenvalue weighted by Crippen LogP contribution is 2.55. The Morgan fingerprint density at radius 3 is 2.13 bits per heavy atom. The number of nitrogens with zero attached hydrogens (tertiary/aromatic N) is 3. The summed E-state index contributed by atoms with van der Waals surface area (Å²) in [6, 6.07) is 0.791. The maximum Gasteiger partial charge on any atom is 0.135 e. The average molecular weight is 414 g/mol. The molecular weight excluding hydrogens is 370 g/mol. The molecule has 0 radical (unpaired) electrons. The van der Waals surface area contributed by atoms with Crippen LogP contribution in [0.1, 0.15) is 116 Å². The minimum Gasteiger partial charge on any atom is -0.300 e. The molecule has 2 heterocycles. The van der Waals surface area contributed by atoms with Crippen LogP contribution in [-0.2, 0) is 4.79 Å². The fourth-order valence-electron chi connectivity index (χ4n) is 5.90. The molecule has 168 valence electrons. The van der Waals surface area contributed by atoms with Gasteiger partial charge in [0.05, 0.1) is 0 Å². The Hall–Kier alpha value is -1.29. The summed E-state index contributed by atoms with van der Waals surface area (Å²) in [6.07, 6.45) is 14.9. The van der Waals surface area contributed by atoms with E-state index in [-0.39, 0.29) is 0 Å². The smallest absolute Gasteiger partial charge is 0.135 e. The van der Waals surface area contributed by atoms with E-state index in [2.05, 4.69) is 41.1 Å². The number of ketones is 1. The number of rotatable bonds is 5. The van der Waals surface area contributed by atoms with E-state index in [1.165, 1.54) is 57.2 Å². The van der Waals surface area contributed by atoms with Crippen molar-refractivity contribution in [3.05, 3.63) is 23.8 Å². The van der Waals surface area contributed by atoms with Gasteiger partial charge in [-0.1, -0.05) is 34.6 Å². The number of carbonyl (C=O) groups excluding carboxylic acids is 1. The van der Waals surface area contributed by atoms with Crippen molar-refractivity contribution in [2.45, 2.75) is 110 Å². The molecule has 2 saturated carbocycles. The molecule has 2 aliphatic carbocycles. The first-order chi connectivity index (χ1) is 14.5. The Bertz CT molecular complexity index is 660. The second kappa shape index (κ2) is 10.3. The molecule has 4 rings (SSSR count). The largest absolute Gasteiger partial charge is 0.300 e. The van der Waals surface area contributed by atoms with Crippen LogP contribution in [0.15, 0.2) is 12.4 Å². The lowest BCUT2D eigenvalue weighted by Crippen LogP contribution is -2.54. The predicted octanol–water partition coefficient (Wildman–Crippen LogP) is 6.12. The quantitative estimate of drug-likeness (QED) is 0.583. The van der Waals surface area contributed by atoms with Gasteiger partial charge >= 0.3 is 0 Å². The third-order valence-corrected chi connectivity index (χ3v) is 7.91. The van der Waals surface area contributed by atoms with E-state index in [9.17, 15) is 4.79 Å². The van der Waals surface area contributed by atoms with Crippen LogP contribution in [0.4, 0.5) is 0 Å². The average Bonchev–Trinajstić information content (AvgIpc) is 2.78. The first-order valence-corrected chi connectivity index (χ1v) is 12.6. The van der Waals surface area contributed by atoms with Crippen LogP contribution in [0.5, 0.6) is 0 Å². The molecule has 1 spiro atoms. The van der Waals surface area contributed by atoms with Gasteiger partial charge < -0.3 is 4.90 Å². The van der Waals surface area contributed by atoms with E-state index in [4.69, 9.17) is 0 Å².